The fourth-order valence-corrected chi connectivity index (χ4v) is 3.05. The molecule has 1 fully saturated rings. The number of hydrogen-bond donors (Lipinski definition) is 2. The molecule has 1 heterocycles. The van der Waals surface area contributed by atoms with Crippen LogP contribution in [0.25, 0.3) is 0 Å². The van der Waals surface area contributed by atoms with Gasteiger partial charge in [-0.2, -0.15) is 0 Å². The highest BCUT2D eigenvalue weighted by molar-refractivity contribution is 5.75. The normalized spacial score (nSPS) is 18.6. The molecule has 0 aromatic heterocycles. The topological polar surface area (TPSA) is 41.1 Å². The third-order valence-electron chi connectivity index (χ3n) is 4.48. The lowest BCUT2D eigenvalue weighted by Gasteiger charge is -2.23. The first-order chi connectivity index (χ1) is 10.3. The molecular formula is C18H36N2O. The highest BCUT2D eigenvalue weighted by Crippen LogP contribution is 2.11. The van der Waals surface area contributed by atoms with Crippen molar-refractivity contribution >= 4 is 5.91 Å². The lowest BCUT2D eigenvalue weighted by molar-refractivity contribution is -0.121. The SMILES string of the molecule is CCCCCCCCCCNC(=O)CCC1CCCCN1. The molecule has 0 spiro atoms. The summed E-state index contributed by atoms with van der Waals surface area (Å²) in [5, 5.41) is 6.57. The first-order valence-electron chi connectivity index (χ1n) is 9.33. The number of amides is 1. The van der Waals surface area contributed by atoms with Crippen LogP contribution in [0.4, 0.5) is 0 Å². The van der Waals surface area contributed by atoms with Crippen LogP contribution in [-0.2, 0) is 4.79 Å². The van der Waals surface area contributed by atoms with Gasteiger partial charge in [-0.3, -0.25) is 4.79 Å². The van der Waals surface area contributed by atoms with Gasteiger partial charge in [0.2, 0.25) is 5.91 Å². The van der Waals surface area contributed by atoms with Gasteiger partial charge in [-0.25, -0.2) is 0 Å². The van der Waals surface area contributed by atoms with Crippen molar-refractivity contribution in [1.82, 2.24) is 10.6 Å². The molecule has 1 amide bonds. The molecule has 0 aliphatic carbocycles. The van der Waals surface area contributed by atoms with E-state index in [1.54, 1.807) is 0 Å². The Balaban J connectivity index is 1.82. The number of carbonyl (C=O) groups excluding carboxylic acids is 1. The molecule has 0 aromatic rings. The highest BCUT2D eigenvalue weighted by atomic mass is 16.1. The summed E-state index contributed by atoms with van der Waals surface area (Å²) >= 11 is 0. The summed E-state index contributed by atoms with van der Waals surface area (Å²) in [6.07, 6.45) is 16.1. The van der Waals surface area contributed by atoms with Gasteiger partial charge in [0.15, 0.2) is 0 Å². The van der Waals surface area contributed by atoms with Gasteiger partial charge >= 0.3 is 0 Å². The summed E-state index contributed by atoms with van der Waals surface area (Å²) in [7, 11) is 0. The molecule has 1 atom stereocenters. The Morgan fingerprint density at radius 3 is 2.43 bits per heavy atom. The highest BCUT2D eigenvalue weighted by Gasteiger charge is 2.13. The predicted molar refractivity (Wildman–Crippen MR) is 90.5 cm³/mol. The molecule has 21 heavy (non-hydrogen) atoms. The average molecular weight is 296 g/mol. The van der Waals surface area contributed by atoms with E-state index in [1.807, 2.05) is 0 Å². The van der Waals surface area contributed by atoms with Crippen molar-refractivity contribution < 1.29 is 4.79 Å². The maximum Gasteiger partial charge on any atom is 0.220 e. The Morgan fingerprint density at radius 2 is 1.76 bits per heavy atom. The number of nitrogens with one attached hydrogen (secondary N) is 2. The van der Waals surface area contributed by atoms with Gasteiger partial charge in [-0.05, 0) is 32.2 Å². The van der Waals surface area contributed by atoms with Crippen LogP contribution >= 0.6 is 0 Å². The van der Waals surface area contributed by atoms with Crippen molar-refractivity contribution in [2.75, 3.05) is 13.1 Å². The Hall–Kier alpha value is -0.570. The molecule has 1 unspecified atom stereocenters. The largest absolute Gasteiger partial charge is 0.356 e. The Morgan fingerprint density at radius 1 is 1.05 bits per heavy atom. The van der Waals surface area contributed by atoms with Gasteiger partial charge in [0.1, 0.15) is 0 Å². The van der Waals surface area contributed by atoms with Crippen LogP contribution in [0.2, 0.25) is 0 Å². The number of piperidine rings is 1. The van der Waals surface area contributed by atoms with Crippen molar-refractivity contribution in [2.45, 2.75) is 96.4 Å². The molecule has 124 valence electrons. The standard InChI is InChI=1S/C18H36N2O/c1-2-3-4-5-6-7-8-10-16-20-18(21)14-13-17-12-9-11-15-19-17/h17,19H,2-16H2,1H3,(H,20,21). The van der Waals surface area contributed by atoms with Crippen LogP contribution in [0.1, 0.15) is 90.4 Å². The Bertz CT molecular complexity index is 250. The molecule has 0 bridgehead atoms. The lowest BCUT2D eigenvalue weighted by atomic mass is 10.0. The molecule has 1 saturated heterocycles. The predicted octanol–water partition coefficient (Wildman–Crippen LogP) is 4.17. The van der Waals surface area contributed by atoms with Crippen LogP contribution in [0.5, 0.6) is 0 Å². The molecule has 0 saturated carbocycles. The lowest BCUT2D eigenvalue weighted by Crippen LogP contribution is -2.35. The van der Waals surface area contributed by atoms with Crippen LogP contribution in [0.3, 0.4) is 0 Å². The van der Waals surface area contributed by atoms with E-state index in [2.05, 4.69) is 17.6 Å². The zero-order valence-corrected chi connectivity index (χ0v) is 14.1. The first-order valence-corrected chi connectivity index (χ1v) is 9.33. The third kappa shape index (κ3) is 10.8. The average Bonchev–Trinajstić information content (AvgIpc) is 2.52. The number of hydrogen-bond acceptors (Lipinski definition) is 2. The Kier molecular flexibility index (Phi) is 11.5. The Labute approximate surface area is 131 Å². The molecule has 3 nitrogen and oxygen atoms in total. The van der Waals surface area contributed by atoms with Gasteiger partial charge in [-0.15, -0.1) is 0 Å². The second-order valence-corrected chi connectivity index (χ2v) is 6.51. The minimum absolute atomic E-state index is 0.241. The molecule has 1 aliphatic rings. The first kappa shape index (κ1) is 18.5. The summed E-state index contributed by atoms with van der Waals surface area (Å²) in [6, 6.07) is 0.577. The van der Waals surface area contributed by atoms with Crippen LogP contribution in [0, 0.1) is 0 Å². The van der Waals surface area contributed by atoms with Gasteiger partial charge in [0.25, 0.3) is 0 Å². The molecule has 3 heteroatoms. The number of carbonyl (C=O) groups is 1. The van der Waals surface area contributed by atoms with E-state index in [4.69, 9.17) is 0 Å². The van der Waals surface area contributed by atoms with Crippen molar-refractivity contribution in [3.05, 3.63) is 0 Å². The zero-order chi connectivity index (χ0) is 15.2. The number of rotatable bonds is 12. The van der Waals surface area contributed by atoms with E-state index in [0.29, 0.717) is 12.5 Å². The van der Waals surface area contributed by atoms with Crippen LogP contribution in [-0.4, -0.2) is 25.0 Å². The van der Waals surface area contributed by atoms with Crippen LogP contribution < -0.4 is 10.6 Å². The van der Waals surface area contributed by atoms with Crippen molar-refractivity contribution in [1.29, 1.82) is 0 Å². The fourth-order valence-electron chi connectivity index (χ4n) is 3.05. The van der Waals surface area contributed by atoms with E-state index in [-0.39, 0.29) is 5.91 Å². The molecular weight excluding hydrogens is 260 g/mol. The molecule has 1 aliphatic heterocycles. The molecule has 0 radical (unpaired) electrons. The van der Waals surface area contributed by atoms with Crippen LogP contribution in [0.15, 0.2) is 0 Å². The summed E-state index contributed by atoms with van der Waals surface area (Å²) in [6.45, 7) is 4.25. The summed E-state index contributed by atoms with van der Waals surface area (Å²) in [5.74, 6) is 0.241. The second-order valence-electron chi connectivity index (χ2n) is 6.51. The van der Waals surface area contributed by atoms with E-state index < -0.39 is 0 Å². The summed E-state index contributed by atoms with van der Waals surface area (Å²) in [5.41, 5.74) is 0. The van der Waals surface area contributed by atoms with E-state index >= 15 is 0 Å². The monoisotopic (exact) mass is 296 g/mol. The van der Waals surface area contributed by atoms with Crippen molar-refractivity contribution in [3.63, 3.8) is 0 Å². The van der Waals surface area contributed by atoms with Crippen molar-refractivity contribution in [2.24, 2.45) is 0 Å². The van der Waals surface area contributed by atoms with Gasteiger partial charge in [0.05, 0.1) is 0 Å². The number of unbranched alkanes of at least 4 members (excludes halogenated alkanes) is 7. The third-order valence-corrected chi connectivity index (χ3v) is 4.48. The zero-order valence-electron chi connectivity index (χ0n) is 14.1. The maximum absolute atomic E-state index is 11.8. The molecule has 0 aromatic carbocycles. The fraction of sp³-hybridized carbons (Fsp3) is 0.944. The van der Waals surface area contributed by atoms with E-state index in [1.165, 1.54) is 64.2 Å². The quantitative estimate of drug-likeness (QED) is 0.531. The minimum atomic E-state index is 0.241. The second kappa shape index (κ2) is 13.1. The van der Waals surface area contributed by atoms with E-state index in [9.17, 15) is 4.79 Å². The smallest absolute Gasteiger partial charge is 0.220 e. The van der Waals surface area contributed by atoms with Gasteiger partial charge < -0.3 is 10.6 Å². The van der Waals surface area contributed by atoms with Gasteiger partial charge in [-0.1, -0.05) is 58.3 Å². The maximum atomic E-state index is 11.8. The van der Waals surface area contributed by atoms with Crippen molar-refractivity contribution in [3.8, 4) is 0 Å². The van der Waals surface area contributed by atoms with Gasteiger partial charge in [0, 0.05) is 19.0 Å². The minimum Gasteiger partial charge on any atom is -0.356 e. The summed E-state index contributed by atoms with van der Waals surface area (Å²) in [4.78, 5) is 11.8. The molecule has 2 N–H and O–H groups in total. The molecule has 1 rings (SSSR count). The van der Waals surface area contributed by atoms with E-state index in [0.717, 1.165) is 25.9 Å². The summed E-state index contributed by atoms with van der Waals surface area (Å²) < 4.78 is 0.